The molecule has 0 radical (unpaired) electrons. The average Bonchev–Trinajstić information content (AvgIpc) is 2.83. The molecular weight excluding hydrogens is 777 g/mol. The van der Waals surface area contributed by atoms with Crippen molar-refractivity contribution in [3.05, 3.63) is 0 Å². The second-order valence-corrected chi connectivity index (χ2v) is 12.0. The third-order valence-electron chi connectivity index (χ3n) is 6.01. The molecular formula is C18H16F23N2O4S+. The van der Waals surface area contributed by atoms with Gasteiger partial charge in [-0.05, 0) is 0 Å². The molecule has 2 N–H and O–H groups in total. The number of alkyl halides is 23. The number of nitrogens with one attached hydrogen (secondary N) is 1. The predicted octanol–water partition coefficient (Wildman–Crippen LogP) is 6.33. The van der Waals surface area contributed by atoms with Gasteiger partial charge in [-0.3, -0.25) is 0 Å². The first-order valence-electron chi connectivity index (χ1n) is 11.2. The SMILES string of the molecule is C[N+](C)(CCCNS(=O)(=O)C(F)(F)C(F)(F)C(F)(F)C(F)(F)C(F)(F)C(F)(F)C(F)(F)C(F)(F)C(F)(F)C(F)(F)C(F)(F)F)CC(=O)O. The molecule has 0 atom stereocenters. The highest BCUT2D eigenvalue weighted by atomic mass is 32.2. The van der Waals surface area contributed by atoms with Gasteiger partial charge in [-0.25, -0.2) is 17.9 Å². The second-order valence-electron chi connectivity index (χ2n) is 10.1. The van der Waals surface area contributed by atoms with Crippen LogP contribution in [-0.4, -0.2) is 122 Å². The van der Waals surface area contributed by atoms with E-state index in [4.69, 9.17) is 5.11 Å². The summed E-state index contributed by atoms with van der Waals surface area (Å²) in [5.41, 5.74) is 0. The van der Waals surface area contributed by atoms with Crippen LogP contribution in [0.1, 0.15) is 6.42 Å². The number of carbonyl (C=O) groups is 1. The van der Waals surface area contributed by atoms with Crippen LogP contribution in [0.5, 0.6) is 0 Å². The highest BCUT2D eigenvalue weighted by Crippen LogP contribution is 2.67. The normalized spacial score (nSPS) is 16.4. The minimum atomic E-state index is -9.59. The van der Waals surface area contributed by atoms with Crippen LogP contribution in [0.4, 0.5) is 101 Å². The van der Waals surface area contributed by atoms with E-state index in [9.17, 15) is 114 Å². The Morgan fingerprint density at radius 2 is 0.812 bits per heavy atom. The lowest BCUT2D eigenvalue weighted by Crippen LogP contribution is -2.78. The van der Waals surface area contributed by atoms with Gasteiger partial charge in [-0.1, -0.05) is 0 Å². The number of likely N-dealkylation sites (N-methyl/N-ethyl adjacent to an activating group) is 1. The van der Waals surface area contributed by atoms with Gasteiger partial charge in [-0.15, -0.1) is 0 Å². The highest BCUT2D eigenvalue weighted by molar-refractivity contribution is 7.90. The molecule has 0 aromatic rings. The summed E-state index contributed by atoms with van der Waals surface area (Å²) in [4.78, 5) is 10.7. The lowest BCUT2D eigenvalue weighted by molar-refractivity contribution is -0.883. The van der Waals surface area contributed by atoms with Crippen molar-refractivity contribution in [2.45, 2.75) is 71.2 Å². The van der Waals surface area contributed by atoms with E-state index in [2.05, 4.69) is 0 Å². The van der Waals surface area contributed by atoms with Crippen LogP contribution in [-0.2, 0) is 14.8 Å². The number of carboxylic acids is 1. The maximum Gasteiger partial charge on any atom is 0.460 e. The van der Waals surface area contributed by atoms with Crippen LogP contribution in [0.3, 0.4) is 0 Å². The van der Waals surface area contributed by atoms with Gasteiger partial charge in [0, 0.05) is 13.0 Å². The number of sulfonamides is 1. The molecule has 0 amide bonds. The van der Waals surface area contributed by atoms with E-state index >= 15 is 0 Å². The molecule has 0 aromatic heterocycles. The van der Waals surface area contributed by atoms with Crippen molar-refractivity contribution in [1.82, 2.24) is 4.72 Å². The quantitative estimate of drug-likeness (QED) is 0.103. The zero-order valence-corrected chi connectivity index (χ0v) is 23.4. The Morgan fingerprint density at radius 3 is 1.08 bits per heavy atom. The third kappa shape index (κ3) is 6.51. The molecule has 0 aromatic carbocycles. The zero-order valence-electron chi connectivity index (χ0n) is 22.5. The van der Waals surface area contributed by atoms with E-state index in [0.717, 1.165) is 14.1 Å². The Hall–Kier alpha value is -2.27. The zero-order chi connectivity index (χ0) is 39.6. The summed E-state index contributed by atoms with van der Waals surface area (Å²) in [6, 6.07) is 0. The van der Waals surface area contributed by atoms with Crippen molar-refractivity contribution < 1.29 is 124 Å². The summed E-state index contributed by atoms with van der Waals surface area (Å²) in [6.45, 7) is -3.06. The summed E-state index contributed by atoms with van der Waals surface area (Å²) >= 11 is 0. The van der Waals surface area contributed by atoms with Crippen LogP contribution in [0.25, 0.3) is 0 Å². The van der Waals surface area contributed by atoms with Crippen molar-refractivity contribution in [2.24, 2.45) is 0 Å². The molecule has 6 nitrogen and oxygen atoms in total. The second kappa shape index (κ2) is 12.2. The molecule has 48 heavy (non-hydrogen) atoms. The number of rotatable bonds is 17. The molecule has 0 spiro atoms. The summed E-state index contributed by atoms with van der Waals surface area (Å²) in [5, 5.41) is 0.704. The number of halogens is 23. The lowest BCUT2D eigenvalue weighted by Gasteiger charge is -2.45. The monoisotopic (exact) mass is 793 g/mol. The van der Waals surface area contributed by atoms with Gasteiger partial charge in [0.2, 0.25) is 0 Å². The average molecular weight is 793 g/mol. The van der Waals surface area contributed by atoms with Crippen molar-refractivity contribution in [3.63, 3.8) is 0 Å². The Morgan fingerprint density at radius 1 is 0.542 bits per heavy atom. The minimum absolute atomic E-state index is 0.316. The molecule has 0 aliphatic heterocycles. The standard InChI is InChI=1S/C18H15F23N2O4S/c1-43(2,6-7(44)45)5-3-4-42-48(46,47)18(40,41)16(35,36)14(31,32)12(27,28)10(23,24)8(19,20)9(21,22)11(25,26)13(29,30)15(33,34)17(37,38)39/h42H,3-6H2,1-2H3/p+1. The third-order valence-corrected chi connectivity index (χ3v) is 7.52. The molecule has 0 unspecified atom stereocenters. The molecule has 0 saturated carbocycles. The molecule has 30 heteroatoms. The predicted molar refractivity (Wildman–Crippen MR) is 107 cm³/mol. The first kappa shape index (κ1) is 45.7. The van der Waals surface area contributed by atoms with E-state index in [1.54, 1.807) is 0 Å². The van der Waals surface area contributed by atoms with Gasteiger partial charge >= 0.3 is 70.7 Å². The molecule has 0 aliphatic carbocycles. The highest BCUT2D eigenvalue weighted by Gasteiger charge is 2.99. The van der Waals surface area contributed by atoms with Gasteiger partial charge in [0.05, 0.1) is 20.6 Å². The fourth-order valence-corrected chi connectivity index (χ4v) is 4.22. The van der Waals surface area contributed by atoms with Crippen LogP contribution in [0.2, 0.25) is 0 Å². The van der Waals surface area contributed by atoms with E-state index in [-0.39, 0.29) is 0 Å². The number of carboxylic acid groups (broad SMARTS) is 1. The number of aliphatic carboxylic acids is 1. The lowest BCUT2D eigenvalue weighted by atomic mass is 9.86. The minimum Gasteiger partial charge on any atom is -0.477 e. The first-order valence-corrected chi connectivity index (χ1v) is 12.7. The van der Waals surface area contributed by atoms with Crippen molar-refractivity contribution in [1.29, 1.82) is 0 Å². The van der Waals surface area contributed by atoms with Gasteiger partial charge in [-0.2, -0.15) is 101 Å². The largest absolute Gasteiger partial charge is 0.477 e. The fraction of sp³-hybridized carbons (Fsp3) is 0.944. The van der Waals surface area contributed by atoms with E-state index in [1.807, 2.05) is 0 Å². The Balaban J connectivity index is 6.92. The Bertz CT molecular complexity index is 1290. The Kier molecular flexibility index (Phi) is 11.6. The van der Waals surface area contributed by atoms with E-state index < -0.39 is 111 Å². The maximum absolute atomic E-state index is 14.1. The summed E-state index contributed by atoms with van der Waals surface area (Å²) < 4.78 is 332. The van der Waals surface area contributed by atoms with Crippen LogP contribution >= 0.6 is 0 Å². The fourth-order valence-electron chi connectivity index (χ4n) is 3.16. The number of nitrogens with zero attached hydrogens (tertiary/aromatic N) is 1. The molecule has 0 bridgehead atoms. The van der Waals surface area contributed by atoms with Crippen LogP contribution < -0.4 is 4.72 Å². The smallest absolute Gasteiger partial charge is 0.460 e. The summed E-state index contributed by atoms with van der Waals surface area (Å²) in [6.07, 6.45) is -9.09. The van der Waals surface area contributed by atoms with Gasteiger partial charge in [0.25, 0.3) is 10.0 Å². The molecule has 0 rings (SSSR count). The first-order chi connectivity index (χ1) is 20.4. The number of hydrogen-bond donors (Lipinski definition) is 2. The van der Waals surface area contributed by atoms with Crippen molar-refractivity contribution in [2.75, 3.05) is 33.7 Å². The van der Waals surface area contributed by atoms with Crippen LogP contribution in [0, 0.1) is 0 Å². The molecule has 0 saturated heterocycles. The number of quaternary nitrogens is 1. The van der Waals surface area contributed by atoms with Gasteiger partial charge in [0.1, 0.15) is 0 Å². The summed E-state index contributed by atoms with van der Waals surface area (Å²) in [7, 11) is -5.55. The summed E-state index contributed by atoms with van der Waals surface area (Å²) in [5.74, 6) is -84.7. The molecule has 0 fully saturated rings. The molecule has 0 heterocycles. The topological polar surface area (TPSA) is 83.5 Å². The van der Waals surface area contributed by atoms with E-state index in [1.165, 1.54) is 0 Å². The van der Waals surface area contributed by atoms with Gasteiger partial charge < -0.3 is 9.59 Å². The van der Waals surface area contributed by atoms with Gasteiger partial charge in [0.15, 0.2) is 6.54 Å². The Labute approximate surface area is 250 Å². The van der Waals surface area contributed by atoms with Crippen LogP contribution in [0.15, 0.2) is 0 Å². The van der Waals surface area contributed by atoms with E-state index in [0.29, 0.717) is 4.72 Å². The molecule has 288 valence electrons. The van der Waals surface area contributed by atoms with Crippen molar-refractivity contribution >= 4 is 16.0 Å². The van der Waals surface area contributed by atoms with Crippen molar-refractivity contribution in [3.8, 4) is 0 Å². The maximum atomic E-state index is 14.1. The molecule has 0 aliphatic rings. The number of hydrogen-bond acceptors (Lipinski definition) is 3.